The second-order valence-electron chi connectivity index (χ2n) is 4.09. The van der Waals surface area contributed by atoms with Gasteiger partial charge in [-0.05, 0) is 30.3 Å². The summed E-state index contributed by atoms with van der Waals surface area (Å²) < 4.78 is 27.0. The minimum absolute atomic E-state index is 0.246. The quantitative estimate of drug-likeness (QED) is 0.812. The molecular formula is C14H9F2NO4. The molecule has 0 heterocycles. The van der Waals surface area contributed by atoms with Crippen molar-refractivity contribution in [2.24, 2.45) is 0 Å². The Morgan fingerprint density at radius 2 is 1.76 bits per heavy atom. The van der Waals surface area contributed by atoms with Crippen LogP contribution in [0.2, 0.25) is 0 Å². The van der Waals surface area contributed by atoms with Crippen molar-refractivity contribution in [2.75, 3.05) is 5.32 Å². The van der Waals surface area contributed by atoms with E-state index in [2.05, 4.69) is 0 Å². The first-order valence-corrected chi connectivity index (χ1v) is 5.72. The first-order valence-electron chi connectivity index (χ1n) is 5.72. The van der Waals surface area contributed by atoms with Crippen molar-refractivity contribution in [3.63, 3.8) is 0 Å². The maximum Gasteiger partial charge on any atom is 0.335 e. The predicted octanol–water partition coefficient (Wildman–Crippen LogP) is 2.62. The molecule has 2 rings (SSSR count). The van der Waals surface area contributed by atoms with Gasteiger partial charge in [0, 0.05) is 0 Å². The third-order valence-electron chi connectivity index (χ3n) is 2.68. The second-order valence-corrected chi connectivity index (χ2v) is 4.09. The normalized spacial score (nSPS) is 10.2. The minimum Gasteiger partial charge on any atom is -0.507 e. The Kier molecular flexibility index (Phi) is 3.84. The molecule has 1 amide bonds. The first-order chi connectivity index (χ1) is 9.90. The summed E-state index contributed by atoms with van der Waals surface area (Å²) in [4.78, 5) is 22.7. The third-order valence-corrected chi connectivity index (χ3v) is 2.68. The molecule has 0 saturated carbocycles. The lowest BCUT2D eigenvalue weighted by Gasteiger charge is -2.09. The molecule has 0 fully saturated rings. The van der Waals surface area contributed by atoms with E-state index >= 15 is 0 Å². The molecule has 0 aromatic heterocycles. The van der Waals surface area contributed by atoms with Crippen LogP contribution in [0.1, 0.15) is 20.7 Å². The lowest BCUT2D eigenvalue weighted by molar-refractivity contribution is 0.0696. The van der Waals surface area contributed by atoms with Gasteiger partial charge in [0.25, 0.3) is 5.91 Å². The van der Waals surface area contributed by atoms with Gasteiger partial charge in [-0.2, -0.15) is 0 Å². The van der Waals surface area contributed by atoms with Crippen LogP contribution in [0.15, 0.2) is 36.4 Å². The Bertz CT molecular complexity index is 711. The highest BCUT2D eigenvalue weighted by molar-refractivity contribution is 6.06. The van der Waals surface area contributed by atoms with Crippen molar-refractivity contribution < 1.29 is 28.6 Å². The van der Waals surface area contributed by atoms with E-state index in [1.807, 2.05) is 5.32 Å². The number of benzene rings is 2. The summed E-state index contributed by atoms with van der Waals surface area (Å²) in [6, 6.07) is 6.04. The highest BCUT2D eigenvalue weighted by Crippen LogP contribution is 2.23. The number of hydrogen-bond acceptors (Lipinski definition) is 3. The van der Waals surface area contributed by atoms with Gasteiger partial charge in [0.15, 0.2) is 0 Å². The van der Waals surface area contributed by atoms with Gasteiger partial charge in [-0.15, -0.1) is 0 Å². The molecule has 21 heavy (non-hydrogen) atoms. The number of phenolic OH excluding ortho intramolecular Hbond substituents is 1. The number of hydrogen-bond donors (Lipinski definition) is 3. The summed E-state index contributed by atoms with van der Waals surface area (Å²) in [5, 5.41) is 20.3. The smallest absolute Gasteiger partial charge is 0.335 e. The van der Waals surface area contributed by atoms with Crippen LogP contribution in [0.3, 0.4) is 0 Å². The van der Waals surface area contributed by atoms with Gasteiger partial charge in [0.05, 0.1) is 11.3 Å². The van der Waals surface area contributed by atoms with E-state index in [0.29, 0.717) is 0 Å². The number of amides is 1. The van der Waals surface area contributed by atoms with E-state index < -0.39 is 40.5 Å². The number of carbonyl (C=O) groups is 2. The van der Waals surface area contributed by atoms with Gasteiger partial charge in [0.1, 0.15) is 22.9 Å². The van der Waals surface area contributed by atoms with Crippen LogP contribution in [0.4, 0.5) is 14.5 Å². The summed E-state index contributed by atoms with van der Waals surface area (Å²) >= 11 is 0. The average Bonchev–Trinajstić information content (AvgIpc) is 2.40. The zero-order chi connectivity index (χ0) is 15.6. The zero-order valence-electron chi connectivity index (χ0n) is 10.4. The lowest BCUT2D eigenvalue weighted by Crippen LogP contribution is -2.15. The fourth-order valence-corrected chi connectivity index (χ4v) is 1.68. The molecule has 0 aliphatic carbocycles. The monoisotopic (exact) mass is 293 g/mol. The molecule has 0 atom stereocenters. The van der Waals surface area contributed by atoms with Crippen LogP contribution >= 0.6 is 0 Å². The number of phenols is 1. The summed E-state index contributed by atoms with van der Waals surface area (Å²) in [5.41, 5.74) is -1.33. The predicted molar refractivity (Wildman–Crippen MR) is 69.4 cm³/mol. The maximum atomic E-state index is 13.5. The maximum absolute atomic E-state index is 13.5. The van der Waals surface area contributed by atoms with Gasteiger partial charge < -0.3 is 15.5 Å². The lowest BCUT2D eigenvalue weighted by atomic mass is 10.1. The summed E-state index contributed by atoms with van der Waals surface area (Å²) in [6.07, 6.45) is 0. The molecule has 0 aliphatic heterocycles. The molecule has 0 spiro atoms. The average molecular weight is 293 g/mol. The van der Waals surface area contributed by atoms with Crippen LogP contribution < -0.4 is 5.32 Å². The SMILES string of the molecule is O=C(O)c1ccc(F)c(NC(=O)c2c(O)cccc2F)c1. The van der Waals surface area contributed by atoms with Crippen molar-refractivity contribution >= 4 is 17.6 Å². The molecule has 3 N–H and O–H groups in total. The number of carboxylic acids is 1. The molecule has 2 aromatic carbocycles. The molecule has 0 aliphatic rings. The van der Waals surface area contributed by atoms with Gasteiger partial charge in [-0.25, -0.2) is 13.6 Å². The Morgan fingerprint density at radius 3 is 2.38 bits per heavy atom. The number of nitrogens with one attached hydrogen (secondary N) is 1. The van der Waals surface area contributed by atoms with Crippen LogP contribution in [-0.2, 0) is 0 Å². The fraction of sp³-hybridized carbons (Fsp3) is 0. The number of halogens is 2. The Morgan fingerprint density at radius 1 is 1.05 bits per heavy atom. The van der Waals surface area contributed by atoms with Crippen molar-refractivity contribution in [3.05, 3.63) is 59.2 Å². The number of anilines is 1. The summed E-state index contributed by atoms with van der Waals surface area (Å²) in [6.45, 7) is 0. The van der Waals surface area contributed by atoms with E-state index in [1.54, 1.807) is 0 Å². The van der Waals surface area contributed by atoms with Crippen LogP contribution in [-0.4, -0.2) is 22.1 Å². The van der Waals surface area contributed by atoms with E-state index in [4.69, 9.17) is 5.11 Å². The standard InChI is InChI=1S/C14H9F2NO4/c15-8-5-4-7(14(20)21)6-10(8)17-13(19)12-9(16)2-1-3-11(12)18/h1-6,18H,(H,17,19)(H,20,21). The van der Waals surface area contributed by atoms with E-state index in [-0.39, 0.29) is 5.56 Å². The van der Waals surface area contributed by atoms with Crippen LogP contribution in [0.25, 0.3) is 0 Å². The van der Waals surface area contributed by atoms with Crippen molar-refractivity contribution in [2.45, 2.75) is 0 Å². The number of rotatable bonds is 3. The molecule has 0 unspecified atom stereocenters. The molecule has 0 saturated heterocycles. The number of aromatic hydroxyl groups is 1. The largest absolute Gasteiger partial charge is 0.507 e. The number of carbonyl (C=O) groups excluding carboxylic acids is 1. The van der Waals surface area contributed by atoms with Gasteiger partial charge in [-0.3, -0.25) is 4.79 Å². The Labute approximate surface area is 117 Å². The molecule has 0 radical (unpaired) electrons. The summed E-state index contributed by atoms with van der Waals surface area (Å²) in [5.74, 6) is -4.87. The second kappa shape index (κ2) is 5.58. The van der Waals surface area contributed by atoms with E-state index in [9.17, 15) is 23.5 Å². The van der Waals surface area contributed by atoms with Crippen molar-refractivity contribution in [3.8, 4) is 5.75 Å². The molecule has 0 bridgehead atoms. The van der Waals surface area contributed by atoms with Crippen LogP contribution in [0.5, 0.6) is 5.75 Å². The van der Waals surface area contributed by atoms with E-state index in [0.717, 1.165) is 30.3 Å². The van der Waals surface area contributed by atoms with Crippen molar-refractivity contribution in [1.82, 2.24) is 0 Å². The molecule has 2 aromatic rings. The highest BCUT2D eigenvalue weighted by atomic mass is 19.1. The van der Waals surface area contributed by atoms with Crippen molar-refractivity contribution in [1.29, 1.82) is 0 Å². The van der Waals surface area contributed by atoms with Crippen LogP contribution in [0, 0.1) is 11.6 Å². The van der Waals surface area contributed by atoms with Gasteiger partial charge in [0.2, 0.25) is 0 Å². The van der Waals surface area contributed by atoms with Gasteiger partial charge >= 0.3 is 5.97 Å². The number of carboxylic acid groups (broad SMARTS) is 1. The first kappa shape index (κ1) is 14.4. The Balaban J connectivity index is 2.36. The zero-order valence-corrected chi connectivity index (χ0v) is 10.4. The molecule has 7 heteroatoms. The van der Waals surface area contributed by atoms with Gasteiger partial charge in [-0.1, -0.05) is 6.07 Å². The molecule has 108 valence electrons. The highest BCUT2D eigenvalue weighted by Gasteiger charge is 2.18. The Hall–Kier alpha value is -2.96. The molecule has 5 nitrogen and oxygen atoms in total. The fourth-order valence-electron chi connectivity index (χ4n) is 1.68. The number of aromatic carboxylic acids is 1. The molecular weight excluding hydrogens is 284 g/mol. The topological polar surface area (TPSA) is 86.6 Å². The van der Waals surface area contributed by atoms with E-state index in [1.165, 1.54) is 6.07 Å². The third kappa shape index (κ3) is 2.97. The summed E-state index contributed by atoms with van der Waals surface area (Å²) in [7, 11) is 0. The minimum atomic E-state index is -1.31.